The molecule has 2 heterocycles. The maximum Gasteiger partial charge on any atom is 0.128 e. The third-order valence-corrected chi connectivity index (χ3v) is 3.50. The van der Waals surface area contributed by atoms with Gasteiger partial charge in [-0.3, -0.25) is 4.90 Å². The number of piperazine rings is 1. The van der Waals surface area contributed by atoms with Gasteiger partial charge in [-0.1, -0.05) is 6.07 Å². The largest absolute Gasteiger partial charge is 0.496 e. The Morgan fingerprint density at radius 3 is 2.89 bits per heavy atom. The number of rotatable bonds is 3. The quantitative estimate of drug-likeness (QED) is 0.862. The molecule has 0 radical (unpaired) electrons. The average molecular weight is 245 g/mol. The molecule has 0 spiro atoms. The van der Waals surface area contributed by atoms with Crippen molar-refractivity contribution in [2.45, 2.75) is 6.54 Å². The minimum absolute atomic E-state index is 0.940. The molecule has 0 unspecified atom stereocenters. The normalized spacial score (nSPS) is 17.2. The van der Waals surface area contributed by atoms with E-state index in [1.807, 2.05) is 12.1 Å². The summed E-state index contributed by atoms with van der Waals surface area (Å²) in [5.41, 5.74) is 2.41. The van der Waals surface area contributed by atoms with E-state index < -0.39 is 0 Å². The maximum atomic E-state index is 5.39. The number of nitrogens with zero attached hydrogens (tertiary/aromatic N) is 1. The molecule has 1 aliphatic rings. The molecule has 1 fully saturated rings. The Morgan fingerprint density at radius 1 is 1.28 bits per heavy atom. The van der Waals surface area contributed by atoms with Crippen LogP contribution in [0.2, 0.25) is 0 Å². The number of fused-ring (bicyclic) bond motifs is 1. The van der Waals surface area contributed by atoms with Crippen molar-refractivity contribution < 1.29 is 4.74 Å². The highest BCUT2D eigenvalue weighted by atomic mass is 16.5. The summed E-state index contributed by atoms with van der Waals surface area (Å²) in [6.45, 7) is 5.39. The minimum Gasteiger partial charge on any atom is -0.496 e. The summed E-state index contributed by atoms with van der Waals surface area (Å²) >= 11 is 0. The zero-order chi connectivity index (χ0) is 12.4. The van der Waals surface area contributed by atoms with Crippen molar-refractivity contribution in [3.63, 3.8) is 0 Å². The summed E-state index contributed by atoms with van der Waals surface area (Å²) < 4.78 is 5.39. The number of hydrogen-bond acceptors (Lipinski definition) is 3. The lowest BCUT2D eigenvalue weighted by molar-refractivity contribution is 0.231. The first-order valence-corrected chi connectivity index (χ1v) is 6.44. The fraction of sp³-hybridized carbons (Fsp3) is 0.429. The predicted octanol–water partition coefficient (Wildman–Crippen LogP) is 1.58. The van der Waals surface area contributed by atoms with Crippen LogP contribution in [-0.2, 0) is 6.54 Å². The van der Waals surface area contributed by atoms with Gasteiger partial charge in [0.2, 0.25) is 0 Å². The molecule has 1 saturated heterocycles. The minimum atomic E-state index is 0.940. The third kappa shape index (κ3) is 2.21. The Labute approximate surface area is 107 Å². The van der Waals surface area contributed by atoms with Crippen LogP contribution in [0.5, 0.6) is 5.75 Å². The van der Waals surface area contributed by atoms with Gasteiger partial charge in [-0.25, -0.2) is 0 Å². The SMILES string of the molecule is COc1cccc2[nH]c(CN3CCNCC3)cc12. The molecule has 0 aliphatic carbocycles. The molecule has 1 aromatic heterocycles. The molecule has 0 atom stereocenters. The highest BCUT2D eigenvalue weighted by Crippen LogP contribution is 2.26. The van der Waals surface area contributed by atoms with Gasteiger partial charge in [0.1, 0.15) is 5.75 Å². The van der Waals surface area contributed by atoms with Crippen molar-refractivity contribution >= 4 is 10.9 Å². The van der Waals surface area contributed by atoms with Gasteiger partial charge in [0.05, 0.1) is 7.11 Å². The van der Waals surface area contributed by atoms with E-state index in [4.69, 9.17) is 4.74 Å². The van der Waals surface area contributed by atoms with Gasteiger partial charge in [0.15, 0.2) is 0 Å². The van der Waals surface area contributed by atoms with E-state index in [1.54, 1.807) is 7.11 Å². The van der Waals surface area contributed by atoms with Crippen LogP contribution in [0.1, 0.15) is 5.69 Å². The third-order valence-electron chi connectivity index (χ3n) is 3.50. The molecular formula is C14H19N3O. The van der Waals surface area contributed by atoms with Crippen molar-refractivity contribution in [1.82, 2.24) is 15.2 Å². The second-order valence-corrected chi connectivity index (χ2v) is 4.74. The topological polar surface area (TPSA) is 40.3 Å². The monoisotopic (exact) mass is 245 g/mol. The van der Waals surface area contributed by atoms with Crippen LogP contribution >= 0.6 is 0 Å². The van der Waals surface area contributed by atoms with E-state index in [1.165, 1.54) is 11.1 Å². The van der Waals surface area contributed by atoms with Crippen molar-refractivity contribution in [1.29, 1.82) is 0 Å². The highest BCUT2D eigenvalue weighted by Gasteiger charge is 2.12. The van der Waals surface area contributed by atoms with Crippen LogP contribution in [0, 0.1) is 0 Å². The lowest BCUT2D eigenvalue weighted by Crippen LogP contribution is -2.42. The van der Waals surface area contributed by atoms with E-state index in [0.717, 1.165) is 44.0 Å². The molecule has 96 valence electrons. The number of methoxy groups -OCH3 is 1. The number of ether oxygens (including phenoxy) is 1. The standard InChI is InChI=1S/C14H19N3O/c1-18-14-4-2-3-13-12(14)9-11(16-13)10-17-7-5-15-6-8-17/h2-4,9,15-16H,5-8,10H2,1H3. The molecule has 0 bridgehead atoms. The van der Waals surface area contributed by atoms with Gasteiger partial charge < -0.3 is 15.0 Å². The van der Waals surface area contributed by atoms with Crippen LogP contribution < -0.4 is 10.1 Å². The second-order valence-electron chi connectivity index (χ2n) is 4.74. The van der Waals surface area contributed by atoms with Gasteiger partial charge in [0, 0.05) is 49.3 Å². The predicted molar refractivity (Wildman–Crippen MR) is 73.0 cm³/mol. The molecule has 2 N–H and O–H groups in total. The molecule has 4 heteroatoms. The van der Waals surface area contributed by atoms with E-state index in [9.17, 15) is 0 Å². The lowest BCUT2D eigenvalue weighted by atomic mass is 10.2. The number of aromatic amines is 1. The second kappa shape index (κ2) is 5.00. The summed E-state index contributed by atoms with van der Waals surface area (Å²) in [5.74, 6) is 0.940. The lowest BCUT2D eigenvalue weighted by Gasteiger charge is -2.26. The summed E-state index contributed by atoms with van der Waals surface area (Å²) in [7, 11) is 1.72. The fourth-order valence-corrected chi connectivity index (χ4v) is 2.56. The van der Waals surface area contributed by atoms with Crippen molar-refractivity contribution in [2.75, 3.05) is 33.3 Å². The molecule has 1 aliphatic heterocycles. The molecule has 0 saturated carbocycles. The Balaban J connectivity index is 1.84. The first-order chi connectivity index (χ1) is 8.86. The molecule has 2 aromatic rings. The molecule has 18 heavy (non-hydrogen) atoms. The number of benzene rings is 1. The van der Waals surface area contributed by atoms with Crippen molar-refractivity contribution in [2.24, 2.45) is 0 Å². The molecule has 1 aromatic carbocycles. The van der Waals surface area contributed by atoms with Gasteiger partial charge in [0.25, 0.3) is 0 Å². The summed E-state index contributed by atoms with van der Waals surface area (Å²) in [4.78, 5) is 5.94. The number of nitrogens with one attached hydrogen (secondary N) is 2. The first kappa shape index (κ1) is 11.6. The summed E-state index contributed by atoms with van der Waals surface area (Å²) in [6.07, 6.45) is 0. The van der Waals surface area contributed by atoms with Gasteiger partial charge in [-0.2, -0.15) is 0 Å². The smallest absolute Gasteiger partial charge is 0.128 e. The van der Waals surface area contributed by atoms with E-state index in [0.29, 0.717) is 0 Å². The Kier molecular flexibility index (Phi) is 3.21. The number of H-pyrrole nitrogens is 1. The maximum absolute atomic E-state index is 5.39. The fourth-order valence-electron chi connectivity index (χ4n) is 2.56. The van der Waals surface area contributed by atoms with E-state index in [-0.39, 0.29) is 0 Å². The van der Waals surface area contributed by atoms with Crippen LogP contribution in [0.3, 0.4) is 0 Å². The zero-order valence-corrected chi connectivity index (χ0v) is 10.7. The van der Waals surface area contributed by atoms with Crippen LogP contribution in [0.4, 0.5) is 0 Å². The molecule has 4 nitrogen and oxygen atoms in total. The van der Waals surface area contributed by atoms with Crippen LogP contribution in [0.15, 0.2) is 24.3 Å². The highest BCUT2D eigenvalue weighted by molar-refractivity contribution is 5.86. The number of aromatic nitrogens is 1. The molecular weight excluding hydrogens is 226 g/mol. The Hall–Kier alpha value is -1.52. The molecule has 0 amide bonds. The van der Waals surface area contributed by atoms with Crippen molar-refractivity contribution in [3.05, 3.63) is 30.0 Å². The first-order valence-electron chi connectivity index (χ1n) is 6.44. The number of hydrogen-bond donors (Lipinski definition) is 2. The van der Waals surface area contributed by atoms with Gasteiger partial charge >= 0.3 is 0 Å². The van der Waals surface area contributed by atoms with Crippen LogP contribution in [-0.4, -0.2) is 43.2 Å². The van der Waals surface area contributed by atoms with Crippen molar-refractivity contribution in [3.8, 4) is 5.75 Å². The summed E-state index contributed by atoms with van der Waals surface area (Å²) in [6, 6.07) is 8.33. The Bertz CT molecular complexity index is 529. The van der Waals surface area contributed by atoms with E-state index in [2.05, 4.69) is 27.3 Å². The van der Waals surface area contributed by atoms with E-state index >= 15 is 0 Å². The van der Waals surface area contributed by atoms with Gasteiger partial charge in [-0.05, 0) is 18.2 Å². The van der Waals surface area contributed by atoms with Crippen LogP contribution in [0.25, 0.3) is 10.9 Å². The summed E-state index contributed by atoms with van der Waals surface area (Å²) in [5, 5.41) is 4.54. The molecule has 3 rings (SSSR count). The average Bonchev–Trinajstić information content (AvgIpc) is 2.82. The zero-order valence-electron chi connectivity index (χ0n) is 10.7. The Morgan fingerprint density at radius 2 is 2.11 bits per heavy atom. The van der Waals surface area contributed by atoms with Gasteiger partial charge in [-0.15, -0.1) is 0 Å².